The maximum absolute atomic E-state index is 15.6. The molecule has 1 aromatic heterocycles. The molecule has 1 fully saturated rings. The molecule has 2 aromatic carbocycles. The van der Waals surface area contributed by atoms with Crippen LogP contribution >= 0.6 is 11.3 Å². The Labute approximate surface area is 269 Å². The van der Waals surface area contributed by atoms with Gasteiger partial charge in [0.2, 0.25) is 12.6 Å². The zero-order valence-corrected chi connectivity index (χ0v) is 26.7. The van der Waals surface area contributed by atoms with Gasteiger partial charge in [-0.1, -0.05) is 43.3 Å². The number of methoxy groups -OCH3 is 1. The lowest BCUT2D eigenvalue weighted by Gasteiger charge is -2.40. The van der Waals surface area contributed by atoms with Crippen LogP contribution in [0.1, 0.15) is 50.7 Å². The van der Waals surface area contributed by atoms with Crippen LogP contribution in [0.4, 0.5) is 13.6 Å². The van der Waals surface area contributed by atoms with Crippen LogP contribution in [0, 0.1) is 11.6 Å². The van der Waals surface area contributed by atoms with E-state index in [1.165, 1.54) is 24.3 Å². The summed E-state index contributed by atoms with van der Waals surface area (Å²) < 4.78 is 51.1. The number of fused-ring (bicyclic) bond motifs is 5. The maximum atomic E-state index is 15.6. The number of hydrogen-bond donors (Lipinski definition) is 0. The molecule has 1 saturated heterocycles. The topological polar surface area (TPSA) is 104 Å². The summed E-state index contributed by atoms with van der Waals surface area (Å²) >= 11 is 1.35. The first-order valence-corrected chi connectivity index (χ1v) is 15.7. The monoisotopic (exact) mass is 652 g/mol. The van der Waals surface area contributed by atoms with E-state index in [4.69, 9.17) is 14.2 Å². The average molecular weight is 653 g/mol. The highest BCUT2D eigenvalue weighted by Gasteiger charge is 2.38. The van der Waals surface area contributed by atoms with Crippen LogP contribution in [0.3, 0.4) is 0 Å². The molecule has 12 heteroatoms. The van der Waals surface area contributed by atoms with Gasteiger partial charge in [0.1, 0.15) is 0 Å². The summed E-state index contributed by atoms with van der Waals surface area (Å²) in [5.74, 6) is -3.71. The van der Waals surface area contributed by atoms with E-state index in [1.54, 1.807) is 22.6 Å². The lowest BCUT2D eigenvalue weighted by Crippen LogP contribution is -2.52. The van der Waals surface area contributed by atoms with Crippen LogP contribution < -0.4 is 0 Å². The van der Waals surface area contributed by atoms with Gasteiger partial charge in [-0.25, -0.2) is 18.6 Å². The highest BCUT2D eigenvalue weighted by atomic mass is 32.1. The summed E-state index contributed by atoms with van der Waals surface area (Å²) in [7, 11) is 1.13. The van der Waals surface area contributed by atoms with Crippen molar-refractivity contribution in [1.29, 1.82) is 0 Å². The van der Waals surface area contributed by atoms with E-state index in [1.807, 2.05) is 38.1 Å². The third-order valence-corrected chi connectivity index (χ3v) is 8.92. The average Bonchev–Trinajstić information content (AvgIpc) is 3.51. The minimum Gasteiger partial charge on any atom is -0.453 e. The molecule has 3 aromatic rings. The van der Waals surface area contributed by atoms with E-state index >= 15 is 4.39 Å². The van der Waals surface area contributed by atoms with E-state index in [0.717, 1.165) is 29.2 Å². The van der Waals surface area contributed by atoms with Crippen molar-refractivity contribution >= 4 is 29.2 Å². The first kappa shape index (κ1) is 33.0. The van der Waals surface area contributed by atoms with Gasteiger partial charge in [-0.15, -0.1) is 11.3 Å². The number of hydrogen-bond acceptors (Lipinski definition) is 9. The second-order valence-electron chi connectivity index (χ2n) is 11.0. The normalized spacial score (nSPS) is 19.3. The fourth-order valence-corrected chi connectivity index (χ4v) is 6.72. The number of carbonyl (C=O) groups excluding carboxylic acids is 3. The number of morpholine rings is 1. The molecule has 1 aliphatic heterocycles. The highest BCUT2D eigenvalue weighted by Crippen LogP contribution is 2.49. The van der Waals surface area contributed by atoms with Crippen LogP contribution in [-0.2, 0) is 28.5 Å². The fraction of sp³-hybridized carbons (Fsp3) is 0.353. The van der Waals surface area contributed by atoms with Crippen molar-refractivity contribution in [3.8, 4) is 21.7 Å². The Kier molecular flexibility index (Phi) is 10.3. The third kappa shape index (κ3) is 6.59. The lowest BCUT2D eigenvalue weighted by atomic mass is 9.82. The molecule has 242 valence electrons. The van der Waals surface area contributed by atoms with Crippen molar-refractivity contribution in [1.82, 2.24) is 9.88 Å². The minimum atomic E-state index is -1.01. The minimum absolute atomic E-state index is 0.0134. The van der Waals surface area contributed by atoms with Crippen molar-refractivity contribution in [2.45, 2.75) is 51.7 Å². The summed E-state index contributed by atoms with van der Waals surface area (Å²) in [5.41, 5.74) is 4.41. The molecule has 1 amide bonds. The Morgan fingerprint density at radius 1 is 1.13 bits per heavy atom. The molecule has 9 nitrogen and oxygen atoms in total. The highest BCUT2D eigenvalue weighted by molar-refractivity contribution is 7.13. The first-order valence-electron chi connectivity index (χ1n) is 14.8. The number of ketones is 1. The summed E-state index contributed by atoms with van der Waals surface area (Å²) in [5, 5.41) is 0. The van der Waals surface area contributed by atoms with Gasteiger partial charge in [-0.2, -0.15) is 0 Å². The van der Waals surface area contributed by atoms with Crippen LogP contribution in [0.25, 0.3) is 21.7 Å². The molecule has 0 spiro atoms. The van der Waals surface area contributed by atoms with Gasteiger partial charge in [0.25, 0.3) is 5.91 Å². The van der Waals surface area contributed by atoms with Crippen molar-refractivity contribution in [2.75, 3.05) is 27.1 Å². The molecule has 5 rings (SSSR count). The number of rotatable bonds is 9. The molecule has 0 bridgehead atoms. The third-order valence-electron chi connectivity index (χ3n) is 8.06. The van der Waals surface area contributed by atoms with Crippen molar-refractivity contribution in [3.63, 3.8) is 0 Å². The second-order valence-corrected chi connectivity index (χ2v) is 11.8. The van der Waals surface area contributed by atoms with E-state index in [2.05, 4.69) is 9.72 Å². The number of halogens is 2. The number of amides is 1. The summed E-state index contributed by atoms with van der Waals surface area (Å²) in [6.07, 6.45) is 2.48. The molecule has 3 atom stereocenters. The smallest absolute Gasteiger partial charge is 0.453 e. The van der Waals surface area contributed by atoms with Gasteiger partial charge in [0, 0.05) is 18.0 Å². The number of allylic oxidation sites excluding steroid dienone is 2. The maximum Gasteiger partial charge on any atom is 0.510 e. The Morgan fingerprint density at radius 2 is 1.91 bits per heavy atom. The molecular weight excluding hydrogens is 618 g/mol. The van der Waals surface area contributed by atoms with Gasteiger partial charge in [0.05, 0.1) is 47.5 Å². The van der Waals surface area contributed by atoms with E-state index in [-0.39, 0.29) is 36.2 Å². The number of nitrogens with zero attached hydrogens (tertiary/aromatic N) is 2. The van der Waals surface area contributed by atoms with Crippen molar-refractivity contribution in [2.24, 2.45) is 0 Å². The number of benzene rings is 2. The predicted molar refractivity (Wildman–Crippen MR) is 167 cm³/mol. The van der Waals surface area contributed by atoms with Crippen molar-refractivity contribution < 1.29 is 42.1 Å². The molecule has 1 aliphatic carbocycles. The molecule has 2 heterocycles. The molecule has 2 aliphatic rings. The molecule has 1 unspecified atom stereocenters. The molecule has 0 N–H and O–H groups in total. The fourth-order valence-electron chi connectivity index (χ4n) is 5.87. The number of ether oxygens (including phenoxy) is 4. The Balaban J connectivity index is 1.54. The molecule has 0 radical (unpaired) electrons. The number of thiazole rings is 1. The Bertz CT molecular complexity index is 1700. The molecular formula is C34H34F2N2O7S. The van der Waals surface area contributed by atoms with Gasteiger partial charge in [-0.05, 0) is 55.5 Å². The lowest BCUT2D eigenvalue weighted by molar-refractivity contribution is -0.141. The quantitative estimate of drug-likeness (QED) is 0.108. The number of carbonyl (C=O) groups is 3. The SMILES string of the molecule is CC/C=C\C(=O)/C(OCOC(=O)OC)=C(\C)C(=O)N1CC(C)OC[C@H]1C[C@@H]1c2ccccc2-c2scnc2-c2c1ccc(F)c2F. The molecule has 46 heavy (non-hydrogen) atoms. The second kappa shape index (κ2) is 14.3. The summed E-state index contributed by atoms with van der Waals surface area (Å²) in [4.78, 5) is 45.5. The Morgan fingerprint density at radius 3 is 2.67 bits per heavy atom. The van der Waals surface area contributed by atoms with Crippen molar-refractivity contribution in [3.05, 3.63) is 88.2 Å². The number of aromatic nitrogens is 1. The van der Waals surface area contributed by atoms with E-state index in [0.29, 0.717) is 24.1 Å². The molecule has 0 saturated carbocycles. The standard InChI is InChI=1S/C34H34F2N2O7S/c1-5-6-11-27(39)31(44-18-45-34(41)42-4)20(3)33(40)38-15-19(2)43-16-21(38)14-25-22-9-7-8-10-24(22)32-30(37-17-46-32)28-23(25)12-13-26(35)29(28)36/h6-13,17,19,21,25H,5,14-16,18H2,1-4H3/b11-6-,31-20-/t19?,21-,25-/m1/s1. The van der Waals surface area contributed by atoms with E-state index < -0.39 is 48.2 Å². The van der Waals surface area contributed by atoms with Gasteiger partial charge in [0.15, 0.2) is 17.4 Å². The first-order chi connectivity index (χ1) is 22.2. The van der Waals surface area contributed by atoms with Gasteiger partial charge >= 0.3 is 6.16 Å². The summed E-state index contributed by atoms with van der Waals surface area (Å²) in [6, 6.07) is 9.85. The summed E-state index contributed by atoms with van der Waals surface area (Å²) in [6.45, 7) is 4.90. The zero-order chi connectivity index (χ0) is 33.0. The van der Waals surface area contributed by atoms with Crippen LogP contribution in [-0.4, -0.2) is 66.9 Å². The largest absolute Gasteiger partial charge is 0.510 e. The van der Waals surface area contributed by atoms with Gasteiger partial charge < -0.3 is 23.8 Å². The van der Waals surface area contributed by atoms with Gasteiger partial charge in [-0.3, -0.25) is 9.59 Å². The Hall–Kier alpha value is -4.42. The van der Waals surface area contributed by atoms with E-state index in [9.17, 15) is 18.8 Å². The van der Waals surface area contributed by atoms with Crippen LogP contribution in [0.15, 0.2) is 65.4 Å². The van der Waals surface area contributed by atoms with Crippen LogP contribution in [0.2, 0.25) is 0 Å². The predicted octanol–water partition coefficient (Wildman–Crippen LogP) is 6.77. The van der Waals surface area contributed by atoms with Crippen LogP contribution in [0.5, 0.6) is 0 Å². The zero-order valence-electron chi connectivity index (χ0n) is 25.9.